The predicted molar refractivity (Wildman–Crippen MR) is 71.1 cm³/mol. The Morgan fingerprint density at radius 3 is 2.59 bits per heavy atom. The van der Waals surface area contributed by atoms with Gasteiger partial charge in [0.15, 0.2) is 5.96 Å². The van der Waals surface area contributed by atoms with Crippen LogP contribution in [0.25, 0.3) is 0 Å². The van der Waals surface area contributed by atoms with Crippen LogP contribution >= 0.6 is 0 Å². The summed E-state index contributed by atoms with van der Waals surface area (Å²) >= 11 is 0. The summed E-state index contributed by atoms with van der Waals surface area (Å²) in [4.78, 5) is 4.22. The highest BCUT2D eigenvalue weighted by Gasteiger charge is 1.94. The van der Waals surface area contributed by atoms with Gasteiger partial charge >= 0.3 is 0 Å². The van der Waals surface area contributed by atoms with E-state index in [0.29, 0.717) is 19.0 Å². The van der Waals surface area contributed by atoms with Crippen molar-refractivity contribution in [2.24, 2.45) is 10.7 Å². The van der Waals surface area contributed by atoms with Crippen LogP contribution in [0.1, 0.15) is 12.5 Å². The van der Waals surface area contributed by atoms with E-state index in [4.69, 9.17) is 10.5 Å². The SMILES string of the molecule is C=C(C)CNC(N)=NCc1ccc(OC)cc1. The van der Waals surface area contributed by atoms with Crippen LogP contribution < -0.4 is 15.8 Å². The molecule has 0 saturated carbocycles. The summed E-state index contributed by atoms with van der Waals surface area (Å²) in [6.07, 6.45) is 0. The minimum atomic E-state index is 0.434. The summed E-state index contributed by atoms with van der Waals surface area (Å²) in [5, 5.41) is 2.98. The van der Waals surface area contributed by atoms with Gasteiger partial charge in [-0.05, 0) is 24.6 Å². The molecule has 4 heteroatoms. The number of nitrogens with two attached hydrogens (primary N) is 1. The van der Waals surface area contributed by atoms with E-state index in [1.54, 1.807) is 7.11 Å². The van der Waals surface area contributed by atoms with E-state index in [1.807, 2.05) is 31.2 Å². The second kappa shape index (κ2) is 6.58. The van der Waals surface area contributed by atoms with Gasteiger partial charge in [0.05, 0.1) is 13.7 Å². The van der Waals surface area contributed by atoms with E-state index in [0.717, 1.165) is 16.9 Å². The number of aliphatic imine (C=N–C) groups is 1. The van der Waals surface area contributed by atoms with E-state index >= 15 is 0 Å². The summed E-state index contributed by atoms with van der Waals surface area (Å²) in [7, 11) is 1.65. The molecule has 0 amide bonds. The van der Waals surface area contributed by atoms with E-state index in [9.17, 15) is 0 Å². The molecule has 0 aromatic heterocycles. The first-order valence-corrected chi connectivity index (χ1v) is 5.43. The molecule has 0 aliphatic carbocycles. The number of methoxy groups -OCH3 is 1. The van der Waals surface area contributed by atoms with Gasteiger partial charge in [-0.15, -0.1) is 0 Å². The molecule has 1 aromatic carbocycles. The van der Waals surface area contributed by atoms with E-state index in [-0.39, 0.29) is 0 Å². The Labute approximate surface area is 102 Å². The lowest BCUT2D eigenvalue weighted by Gasteiger charge is -2.05. The van der Waals surface area contributed by atoms with Crippen molar-refractivity contribution in [2.45, 2.75) is 13.5 Å². The maximum absolute atomic E-state index is 5.70. The van der Waals surface area contributed by atoms with Gasteiger partial charge in [-0.2, -0.15) is 0 Å². The zero-order valence-electron chi connectivity index (χ0n) is 10.4. The lowest BCUT2D eigenvalue weighted by atomic mass is 10.2. The summed E-state index contributed by atoms with van der Waals surface area (Å²) in [5.41, 5.74) is 7.81. The largest absolute Gasteiger partial charge is 0.497 e. The van der Waals surface area contributed by atoms with Crippen molar-refractivity contribution in [1.29, 1.82) is 0 Å². The minimum absolute atomic E-state index is 0.434. The number of benzene rings is 1. The standard InChI is InChI=1S/C13H19N3O/c1-10(2)8-15-13(14)16-9-11-4-6-12(17-3)7-5-11/h4-7H,1,8-9H2,2-3H3,(H3,14,15,16). The first-order chi connectivity index (χ1) is 8.11. The molecule has 0 saturated heterocycles. The van der Waals surface area contributed by atoms with Crippen molar-refractivity contribution in [3.63, 3.8) is 0 Å². The third kappa shape index (κ3) is 5.06. The second-order valence-corrected chi connectivity index (χ2v) is 3.86. The molecule has 1 rings (SSSR count). The van der Waals surface area contributed by atoms with Gasteiger partial charge in [-0.3, -0.25) is 0 Å². The number of hydrogen-bond acceptors (Lipinski definition) is 2. The Hall–Kier alpha value is -1.97. The highest BCUT2D eigenvalue weighted by molar-refractivity contribution is 5.78. The molecular weight excluding hydrogens is 214 g/mol. The predicted octanol–water partition coefficient (Wildman–Crippen LogP) is 1.68. The van der Waals surface area contributed by atoms with Crippen LogP contribution in [-0.4, -0.2) is 19.6 Å². The average Bonchev–Trinajstić information content (AvgIpc) is 2.34. The first kappa shape index (κ1) is 13.1. The normalized spacial score (nSPS) is 11.1. The van der Waals surface area contributed by atoms with Crippen molar-refractivity contribution in [1.82, 2.24) is 5.32 Å². The number of hydrogen-bond donors (Lipinski definition) is 2. The molecule has 3 N–H and O–H groups in total. The molecule has 1 aromatic rings. The molecule has 0 bridgehead atoms. The summed E-state index contributed by atoms with van der Waals surface area (Å²) in [5.74, 6) is 1.27. The summed E-state index contributed by atoms with van der Waals surface area (Å²) in [6, 6.07) is 7.74. The second-order valence-electron chi connectivity index (χ2n) is 3.86. The summed E-state index contributed by atoms with van der Waals surface area (Å²) < 4.78 is 5.08. The third-order valence-electron chi connectivity index (χ3n) is 2.16. The van der Waals surface area contributed by atoms with Crippen LogP contribution in [0.2, 0.25) is 0 Å². The maximum Gasteiger partial charge on any atom is 0.189 e. The fourth-order valence-electron chi connectivity index (χ4n) is 1.20. The third-order valence-corrected chi connectivity index (χ3v) is 2.16. The zero-order chi connectivity index (χ0) is 12.7. The smallest absolute Gasteiger partial charge is 0.189 e. The Morgan fingerprint density at radius 2 is 2.06 bits per heavy atom. The maximum atomic E-state index is 5.70. The monoisotopic (exact) mass is 233 g/mol. The van der Waals surface area contributed by atoms with Crippen molar-refractivity contribution in [2.75, 3.05) is 13.7 Å². The summed E-state index contributed by atoms with van der Waals surface area (Å²) in [6.45, 7) is 6.92. The van der Waals surface area contributed by atoms with Crippen LogP contribution in [-0.2, 0) is 6.54 Å². The number of ether oxygens (including phenoxy) is 1. The topological polar surface area (TPSA) is 59.6 Å². The molecule has 0 radical (unpaired) electrons. The van der Waals surface area contributed by atoms with E-state index in [1.165, 1.54) is 0 Å². The van der Waals surface area contributed by atoms with Gasteiger partial charge in [0.25, 0.3) is 0 Å². The molecule has 17 heavy (non-hydrogen) atoms. The van der Waals surface area contributed by atoms with Gasteiger partial charge in [-0.1, -0.05) is 24.3 Å². The Bertz CT molecular complexity index is 396. The van der Waals surface area contributed by atoms with Gasteiger partial charge < -0.3 is 15.8 Å². The van der Waals surface area contributed by atoms with E-state index < -0.39 is 0 Å². The lowest BCUT2D eigenvalue weighted by molar-refractivity contribution is 0.414. The van der Waals surface area contributed by atoms with Crippen LogP contribution in [0.5, 0.6) is 5.75 Å². The molecule has 4 nitrogen and oxygen atoms in total. The Balaban J connectivity index is 2.47. The molecule has 0 spiro atoms. The molecular formula is C13H19N3O. The van der Waals surface area contributed by atoms with Crippen molar-refractivity contribution in [3.05, 3.63) is 42.0 Å². The minimum Gasteiger partial charge on any atom is -0.497 e. The quantitative estimate of drug-likeness (QED) is 0.462. The van der Waals surface area contributed by atoms with Crippen LogP contribution in [0.3, 0.4) is 0 Å². The molecule has 0 aliphatic rings. The van der Waals surface area contributed by atoms with Crippen LogP contribution in [0.15, 0.2) is 41.4 Å². The van der Waals surface area contributed by atoms with Crippen molar-refractivity contribution >= 4 is 5.96 Å². The van der Waals surface area contributed by atoms with E-state index in [2.05, 4.69) is 16.9 Å². The van der Waals surface area contributed by atoms with Crippen LogP contribution in [0, 0.1) is 0 Å². The number of guanidine groups is 1. The number of rotatable bonds is 5. The van der Waals surface area contributed by atoms with Crippen molar-refractivity contribution in [3.8, 4) is 5.75 Å². The molecule has 0 atom stereocenters. The fraction of sp³-hybridized carbons (Fsp3) is 0.308. The van der Waals surface area contributed by atoms with Gasteiger partial charge in [0.2, 0.25) is 0 Å². The molecule has 92 valence electrons. The van der Waals surface area contributed by atoms with Gasteiger partial charge in [0, 0.05) is 6.54 Å². The average molecular weight is 233 g/mol. The molecule has 0 unspecified atom stereocenters. The zero-order valence-corrected chi connectivity index (χ0v) is 10.4. The van der Waals surface area contributed by atoms with Crippen molar-refractivity contribution < 1.29 is 4.74 Å². The Kier molecular flexibility index (Phi) is 5.07. The fourth-order valence-corrected chi connectivity index (χ4v) is 1.20. The number of nitrogens with one attached hydrogen (secondary N) is 1. The molecule has 0 fully saturated rings. The molecule has 0 aliphatic heterocycles. The van der Waals surface area contributed by atoms with Crippen LogP contribution in [0.4, 0.5) is 0 Å². The first-order valence-electron chi connectivity index (χ1n) is 5.43. The van der Waals surface area contributed by atoms with Gasteiger partial charge in [0.1, 0.15) is 5.75 Å². The Morgan fingerprint density at radius 1 is 1.41 bits per heavy atom. The number of nitrogens with zero attached hydrogens (tertiary/aromatic N) is 1. The lowest BCUT2D eigenvalue weighted by Crippen LogP contribution is -2.32. The molecule has 0 heterocycles. The van der Waals surface area contributed by atoms with Gasteiger partial charge in [-0.25, -0.2) is 4.99 Å². The highest BCUT2D eigenvalue weighted by Crippen LogP contribution is 2.11. The highest BCUT2D eigenvalue weighted by atomic mass is 16.5.